The number of benzene rings is 2. The number of hydrogen-bond acceptors (Lipinski definition) is 7. The fraction of sp³-hybridized carbons (Fsp3) is 0.294. The summed E-state index contributed by atoms with van der Waals surface area (Å²) < 4.78 is 0. The van der Waals surface area contributed by atoms with Gasteiger partial charge in [-0.25, -0.2) is 0 Å². The number of aliphatic hydroxyl groups is 2. The quantitative estimate of drug-likeness (QED) is 0.433. The fourth-order valence-electron chi connectivity index (χ4n) is 2.34. The van der Waals surface area contributed by atoms with Crippen molar-refractivity contribution < 1.29 is 15.1 Å². The molecule has 8 nitrogen and oxygen atoms in total. The Morgan fingerprint density at radius 3 is 2.40 bits per heavy atom. The smallest absolute Gasteiger partial charge is 0.269 e. The molecule has 0 bridgehead atoms. The van der Waals surface area contributed by atoms with E-state index in [4.69, 9.17) is 5.11 Å². The summed E-state index contributed by atoms with van der Waals surface area (Å²) in [6.45, 7) is 3.07. The molecular formula is C17H20N4O4. The lowest BCUT2D eigenvalue weighted by molar-refractivity contribution is -0.384. The van der Waals surface area contributed by atoms with Crippen LogP contribution in [0.25, 0.3) is 0 Å². The Hall–Kier alpha value is -2.84. The molecule has 0 aliphatic rings. The first-order chi connectivity index (χ1) is 12.1. The van der Waals surface area contributed by atoms with Crippen LogP contribution in [0.3, 0.4) is 0 Å². The molecule has 2 aromatic carbocycles. The Balaban J connectivity index is 2.17. The van der Waals surface area contributed by atoms with E-state index in [2.05, 4.69) is 10.2 Å². The standard InChI is InChI=1S/C17H20N4O4/c1-2-20(9-10-22)15-5-3-14(4-6-15)18-19-17-8-7-16(21(24)25)11-13(17)12-23/h3-8,11,22-23H,2,9-10,12H2,1H3. The van der Waals surface area contributed by atoms with Crippen molar-refractivity contribution >= 4 is 22.7 Å². The predicted molar refractivity (Wildman–Crippen MR) is 94.6 cm³/mol. The van der Waals surface area contributed by atoms with E-state index in [1.165, 1.54) is 18.2 Å². The van der Waals surface area contributed by atoms with Crippen molar-refractivity contribution in [1.29, 1.82) is 0 Å². The van der Waals surface area contributed by atoms with Crippen LogP contribution in [0.5, 0.6) is 0 Å². The second-order valence-corrected chi connectivity index (χ2v) is 5.25. The summed E-state index contributed by atoms with van der Waals surface area (Å²) in [4.78, 5) is 12.3. The van der Waals surface area contributed by atoms with Gasteiger partial charge in [0.05, 0.1) is 29.5 Å². The largest absolute Gasteiger partial charge is 0.395 e. The molecule has 0 unspecified atom stereocenters. The molecule has 0 radical (unpaired) electrons. The lowest BCUT2D eigenvalue weighted by atomic mass is 10.2. The van der Waals surface area contributed by atoms with Gasteiger partial charge in [-0.15, -0.1) is 0 Å². The zero-order chi connectivity index (χ0) is 18.2. The molecule has 0 atom stereocenters. The highest BCUT2D eigenvalue weighted by atomic mass is 16.6. The van der Waals surface area contributed by atoms with Crippen molar-refractivity contribution in [3.8, 4) is 0 Å². The molecule has 132 valence electrons. The molecule has 0 aliphatic carbocycles. The third-order valence-corrected chi connectivity index (χ3v) is 3.68. The monoisotopic (exact) mass is 344 g/mol. The first-order valence-corrected chi connectivity index (χ1v) is 7.84. The van der Waals surface area contributed by atoms with Gasteiger partial charge in [0.1, 0.15) is 0 Å². The zero-order valence-electron chi connectivity index (χ0n) is 13.9. The van der Waals surface area contributed by atoms with Crippen LogP contribution < -0.4 is 4.90 Å². The second kappa shape index (κ2) is 8.86. The maximum atomic E-state index is 10.8. The van der Waals surface area contributed by atoms with Crippen molar-refractivity contribution in [1.82, 2.24) is 0 Å². The van der Waals surface area contributed by atoms with Crippen molar-refractivity contribution in [2.45, 2.75) is 13.5 Å². The minimum absolute atomic E-state index is 0.0827. The molecule has 0 spiro atoms. The van der Waals surface area contributed by atoms with Crippen LogP contribution in [0.1, 0.15) is 12.5 Å². The first-order valence-electron chi connectivity index (χ1n) is 7.84. The van der Waals surface area contributed by atoms with Gasteiger partial charge in [-0.3, -0.25) is 10.1 Å². The van der Waals surface area contributed by atoms with E-state index >= 15 is 0 Å². The van der Waals surface area contributed by atoms with Crippen LogP contribution in [0, 0.1) is 10.1 Å². The number of hydrogen-bond donors (Lipinski definition) is 2. The minimum atomic E-state index is -0.523. The maximum Gasteiger partial charge on any atom is 0.269 e. The predicted octanol–water partition coefficient (Wildman–Crippen LogP) is 3.32. The van der Waals surface area contributed by atoms with E-state index in [9.17, 15) is 15.2 Å². The Morgan fingerprint density at radius 2 is 1.84 bits per heavy atom. The number of likely N-dealkylation sites (N-methyl/N-ethyl adjacent to an activating group) is 1. The van der Waals surface area contributed by atoms with Gasteiger partial charge in [-0.1, -0.05) is 0 Å². The van der Waals surface area contributed by atoms with Crippen molar-refractivity contribution in [2.75, 3.05) is 24.6 Å². The summed E-state index contributed by atoms with van der Waals surface area (Å²) in [5, 5.41) is 37.3. The van der Waals surface area contributed by atoms with E-state index < -0.39 is 4.92 Å². The van der Waals surface area contributed by atoms with E-state index in [-0.39, 0.29) is 18.9 Å². The number of azo groups is 1. The van der Waals surface area contributed by atoms with Gasteiger partial charge < -0.3 is 15.1 Å². The summed E-state index contributed by atoms with van der Waals surface area (Å²) in [5.74, 6) is 0. The van der Waals surface area contributed by atoms with Crippen LogP contribution in [0.2, 0.25) is 0 Å². The van der Waals surface area contributed by atoms with Crippen LogP contribution in [0.15, 0.2) is 52.7 Å². The number of anilines is 1. The SMILES string of the molecule is CCN(CCO)c1ccc(N=Nc2ccc([N+](=O)[O-])cc2CO)cc1. The third-order valence-electron chi connectivity index (χ3n) is 3.68. The molecule has 0 amide bonds. The molecule has 0 saturated carbocycles. The Labute approximate surface area is 145 Å². The Morgan fingerprint density at radius 1 is 1.12 bits per heavy atom. The first kappa shape index (κ1) is 18.5. The number of rotatable bonds is 8. The van der Waals surface area contributed by atoms with Crippen LogP contribution in [-0.2, 0) is 6.61 Å². The molecule has 2 rings (SSSR count). The highest BCUT2D eigenvalue weighted by Gasteiger charge is 2.10. The highest BCUT2D eigenvalue weighted by molar-refractivity contribution is 5.54. The van der Waals surface area contributed by atoms with Crippen molar-refractivity contribution in [2.24, 2.45) is 10.2 Å². The second-order valence-electron chi connectivity index (χ2n) is 5.25. The van der Waals surface area contributed by atoms with Gasteiger partial charge in [0.25, 0.3) is 5.69 Å². The zero-order valence-corrected chi connectivity index (χ0v) is 13.9. The van der Waals surface area contributed by atoms with Crippen molar-refractivity contribution in [3.05, 3.63) is 58.1 Å². The van der Waals surface area contributed by atoms with Crippen LogP contribution in [0.4, 0.5) is 22.7 Å². The molecule has 8 heteroatoms. The number of nitro benzene ring substituents is 1. The molecule has 2 N–H and O–H groups in total. The molecule has 0 saturated heterocycles. The third kappa shape index (κ3) is 4.82. The summed E-state index contributed by atoms with van der Waals surface area (Å²) in [5.41, 5.74) is 2.21. The Kier molecular flexibility index (Phi) is 6.55. The minimum Gasteiger partial charge on any atom is -0.395 e. The van der Waals surface area contributed by atoms with Gasteiger partial charge in [0, 0.05) is 36.5 Å². The fourth-order valence-corrected chi connectivity index (χ4v) is 2.34. The number of nitro groups is 1. The molecule has 0 aromatic heterocycles. The summed E-state index contributed by atoms with van der Waals surface area (Å²) >= 11 is 0. The van der Waals surface area contributed by atoms with E-state index in [0.717, 1.165) is 12.2 Å². The van der Waals surface area contributed by atoms with Gasteiger partial charge in [-0.05, 0) is 37.3 Å². The average Bonchev–Trinajstić information content (AvgIpc) is 2.64. The lowest BCUT2D eigenvalue weighted by Crippen LogP contribution is -2.25. The molecule has 0 fully saturated rings. The van der Waals surface area contributed by atoms with Gasteiger partial charge in [-0.2, -0.15) is 10.2 Å². The summed E-state index contributed by atoms with van der Waals surface area (Å²) in [6, 6.07) is 11.4. The van der Waals surface area contributed by atoms with Crippen LogP contribution >= 0.6 is 0 Å². The molecule has 0 aliphatic heterocycles. The Bertz CT molecular complexity index is 747. The van der Waals surface area contributed by atoms with E-state index in [1.807, 2.05) is 24.0 Å². The topological polar surface area (TPSA) is 112 Å². The average molecular weight is 344 g/mol. The number of non-ortho nitro benzene ring substituents is 1. The molecule has 2 aromatic rings. The highest BCUT2D eigenvalue weighted by Crippen LogP contribution is 2.27. The molecular weight excluding hydrogens is 324 g/mol. The van der Waals surface area contributed by atoms with Crippen LogP contribution in [-0.4, -0.2) is 34.8 Å². The van der Waals surface area contributed by atoms with Crippen molar-refractivity contribution in [3.63, 3.8) is 0 Å². The summed E-state index contributed by atoms with van der Waals surface area (Å²) in [6.07, 6.45) is 0. The molecule has 25 heavy (non-hydrogen) atoms. The van der Waals surface area contributed by atoms with E-state index in [1.54, 1.807) is 12.1 Å². The van der Waals surface area contributed by atoms with Gasteiger partial charge in [0.15, 0.2) is 0 Å². The lowest BCUT2D eigenvalue weighted by Gasteiger charge is -2.21. The molecule has 0 heterocycles. The van der Waals surface area contributed by atoms with Gasteiger partial charge in [0.2, 0.25) is 0 Å². The maximum absolute atomic E-state index is 10.8. The summed E-state index contributed by atoms with van der Waals surface area (Å²) in [7, 11) is 0. The van der Waals surface area contributed by atoms with Gasteiger partial charge >= 0.3 is 0 Å². The normalized spacial score (nSPS) is 11.0. The number of nitrogens with zero attached hydrogens (tertiary/aromatic N) is 4. The number of aliphatic hydroxyl groups excluding tert-OH is 2. The van der Waals surface area contributed by atoms with E-state index in [0.29, 0.717) is 23.5 Å².